The van der Waals surface area contributed by atoms with Gasteiger partial charge in [0.05, 0.1) is 0 Å². The molecule has 0 spiro atoms. The highest BCUT2D eigenvalue weighted by Gasteiger charge is 2.20. The average Bonchev–Trinajstić information content (AvgIpc) is 2.69. The van der Waals surface area contributed by atoms with Gasteiger partial charge >= 0.3 is 0 Å². The molecule has 1 saturated carbocycles. The minimum absolute atomic E-state index is 0.397. The summed E-state index contributed by atoms with van der Waals surface area (Å²) in [5.41, 5.74) is 0. The van der Waals surface area contributed by atoms with Gasteiger partial charge in [-0.2, -0.15) is 0 Å². The van der Waals surface area contributed by atoms with Crippen LogP contribution >= 0.6 is 0 Å². The summed E-state index contributed by atoms with van der Waals surface area (Å²) >= 11 is 0. The van der Waals surface area contributed by atoms with E-state index in [9.17, 15) is 4.79 Å². The Morgan fingerprint density at radius 1 is 1.14 bits per heavy atom. The topological polar surface area (TPSA) is 20.3 Å². The molecule has 0 aromatic rings. The molecule has 2 heteroatoms. The van der Waals surface area contributed by atoms with Gasteiger partial charge < -0.3 is 4.90 Å². The molecule has 2 aliphatic rings. The summed E-state index contributed by atoms with van der Waals surface area (Å²) in [6.45, 7) is 2.05. The molecule has 1 aliphatic carbocycles. The molecule has 2 nitrogen and oxygen atoms in total. The number of hydrogen-bond acceptors (Lipinski definition) is 1. The predicted molar refractivity (Wildman–Crippen MR) is 57.0 cm³/mol. The lowest BCUT2D eigenvalue weighted by molar-refractivity contribution is -0.133. The molecule has 0 atom stereocenters. The third kappa shape index (κ3) is 2.49. The first-order valence-corrected chi connectivity index (χ1v) is 6.14. The minimum Gasteiger partial charge on any atom is -0.343 e. The van der Waals surface area contributed by atoms with Crippen LogP contribution in [0.4, 0.5) is 0 Å². The molecule has 1 heterocycles. The van der Waals surface area contributed by atoms with Crippen LogP contribution in [0.2, 0.25) is 0 Å². The molecule has 0 unspecified atom stereocenters. The fourth-order valence-corrected chi connectivity index (χ4v) is 2.74. The first kappa shape index (κ1) is 10.0. The lowest BCUT2D eigenvalue weighted by Crippen LogP contribution is -2.36. The Bertz CT molecular complexity index is 196. The zero-order valence-electron chi connectivity index (χ0n) is 9.00. The van der Waals surface area contributed by atoms with Gasteiger partial charge in [0.1, 0.15) is 0 Å². The second-order valence-corrected chi connectivity index (χ2v) is 4.78. The van der Waals surface area contributed by atoms with Gasteiger partial charge in [-0.15, -0.1) is 0 Å². The van der Waals surface area contributed by atoms with E-state index in [1.54, 1.807) is 0 Å². The SMILES string of the molecule is O=C1CCCCN1CCC1CCCC1. The van der Waals surface area contributed by atoms with E-state index in [0.29, 0.717) is 5.91 Å². The maximum Gasteiger partial charge on any atom is 0.222 e. The highest BCUT2D eigenvalue weighted by Crippen LogP contribution is 2.28. The third-order valence-electron chi connectivity index (χ3n) is 3.70. The smallest absolute Gasteiger partial charge is 0.222 e. The van der Waals surface area contributed by atoms with E-state index < -0.39 is 0 Å². The number of nitrogens with zero attached hydrogens (tertiary/aromatic N) is 1. The molecule has 80 valence electrons. The predicted octanol–water partition coefficient (Wildman–Crippen LogP) is 2.58. The van der Waals surface area contributed by atoms with E-state index in [2.05, 4.69) is 4.90 Å². The monoisotopic (exact) mass is 195 g/mol. The molecule has 2 rings (SSSR count). The van der Waals surface area contributed by atoms with Crippen molar-refractivity contribution >= 4 is 5.91 Å². The van der Waals surface area contributed by atoms with E-state index in [4.69, 9.17) is 0 Å². The highest BCUT2D eigenvalue weighted by atomic mass is 16.2. The third-order valence-corrected chi connectivity index (χ3v) is 3.70. The van der Waals surface area contributed by atoms with Gasteiger partial charge in [-0.05, 0) is 25.2 Å². The van der Waals surface area contributed by atoms with Crippen molar-refractivity contribution in [1.82, 2.24) is 4.90 Å². The van der Waals surface area contributed by atoms with Crippen molar-refractivity contribution in [3.8, 4) is 0 Å². The number of likely N-dealkylation sites (tertiary alicyclic amines) is 1. The lowest BCUT2D eigenvalue weighted by atomic mass is 10.0. The molecule has 2 fully saturated rings. The van der Waals surface area contributed by atoms with Crippen LogP contribution in [0.3, 0.4) is 0 Å². The minimum atomic E-state index is 0.397. The van der Waals surface area contributed by atoms with E-state index in [1.165, 1.54) is 38.5 Å². The summed E-state index contributed by atoms with van der Waals surface area (Å²) in [4.78, 5) is 13.6. The van der Waals surface area contributed by atoms with Crippen LogP contribution in [0, 0.1) is 5.92 Å². The molecule has 0 N–H and O–H groups in total. The molecular formula is C12H21NO. The average molecular weight is 195 g/mol. The first-order valence-electron chi connectivity index (χ1n) is 6.14. The van der Waals surface area contributed by atoms with Crippen molar-refractivity contribution in [3.05, 3.63) is 0 Å². The van der Waals surface area contributed by atoms with Gasteiger partial charge in [0, 0.05) is 19.5 Å². The van der Waals surface area contributed by atoms with Gasteiger partial charge in [-0.3, -0.25) is 4.79 Å². The molecule has 1 amide bonds. The largest absolute Gasteiger partial charge is 0.343 e. The maximum absolute atomic E-state index is 11.5. The second-order valence-electron chi connectivity index (χ2n) is 4.78. The number of rotatable bonds is 3. The molecule has 14 heavy (non-hydrogen) atoms. The Hall–Kier alpha value is -0.530. The standard InChI is InChI=1S/C12H21NO/c14-12-7-3-4-9-13(12)10-8-11-5-1-2-6-11/h11H,1-10H2. The lowest BCUT2D eigenvalue weighted by Gasteiger charge is -2.27. The maximum atomic E-state index is 11.5. The quantitative estimate of drug-likeness (QED) is 0.678. The molecule has 0 aromatic heterocycles. The van der Waals surface area contributed by atoms with Crippen molar-refractivity contribution < 1.29 is 4.79 Å². The number of amides is 1. The molecule has 0 aromatic carbocycles. The van der Waals surface area contributed by atoms with E-state index in [1.807, 2.05) is 0 Å². The van der Waals surface area contributed by atoms with Crippen molar-refractivity contribution in [3.63, 3.8) is 0 Å². The molecular weight excluding hydrogens is 174 g/mol. The van der Waals surface area contributed by atoms with Gasteiger partial charge in [0.15, 0.2) is 0 Å². The van der Waals surface area contributed by atoms with E-state index >= 15 is 0 Å². The molecule has 1 aliphatic heterocycles. The van der Waals surface area contributed by atoms with Crippen LogP contribution in [0.25, 0.3) is 0 Å². The fraction of sp³-hybridized carbons (Fsp3) is 0.917. The first-order chi connectivity index (χ1) is 6.86. The van der Waals surface area contributed by atoms with Crippen LogP contribution in [0.15, 0.2) is 0 Å². The number of carbonyl (C=O) groups is 1. The van der Waals surface area contributed by atoms with Crippen LogP contribution in [0.5, 0.6) is 0 Å². The summed E-state index contributed by atoms with van der Waals surface area (Å²) in [7, 11) is 0. The number of carbonyl (C=O) groups excluding carboxylic acids is 1. The van der Waals surface area contributed by atoms with Crippen LogP contribution in [0.1, 0.15) is 51.4 Å². The Morgan fingerprint density at radius 3 is 2.64 bits per heavy atom. The highest BCUT2D eigenvalue weighted by molar-refractivity contribution is 5.76. The van der Waals surface area contributed by atoms with Gasteiger partial charge in [-0.25, -0.2) is 0 Å². The summed E-state index contributed by atoms with van der Waals surface area (Å²) in [5.74, 6) is 1.32. The van der Waals surface area contributed by atoms with Gasteiger partial charge in [0.2, 0.25) is 5.91 Å². The molecule has 1 saturated heterocycles. The Kier molecular flexibility index (Phi) is 3.44. The molecule has 0 radical (unpaired) electrons. The van der Waals surface area contributed by atoms with Crippen molar-refractivity contribution in [1.29, 1.82) is 0 Å². The number of hydrogen-bond donors (Lipinski definition) is 0. The second kappa shape index (κ2) is 4.81. The summed E-state index contributed by atoms with van der Waals surface area (Å²) < 4.78 is 0. The zero-order valence-corrected chi connectivity index (χ0v) is 9.00. The van der Waals surface area contributed by atoms with Crippen LogP contribution in [-0.2, 0) is 4.79 Å². The van der Waals surface area contributed by atoms with Gasteiger partial charge in [0.25, 0.3) is 0 Å². The normalized spacial score (nSPS) is 24.6. The van der Waals surface area contributed by atoms with Crippen LogP contribution in [-0.4, -0.2) is 23.9 Å². The Labute approximate surface area is 86.7 Å². The van der Waals surface area contributed by atoms with Crippen molar-refractivity contribution in [2.24, 2.45) is 5.92 Å². The number of piperidine rings is 1. The van der Waals surface area contributed by atoms with Crippen molar-refractivity contribution in [2.45, 2.75) is 51.4 Å². The summed E-state index contributed by atoms with van der Waals surface area (Å²) in [6.07, 6.45) is 10.0. The molecule has 0 bridgehead atoms. The van der Waals surface area contributed by atoms with E-state index in [0.717, 1.165) is 31.8 Å². The van der Waals surface area contributed by atoms with Gasteiger partial charge in [-0.1, -0.05) is 25.7 Å². The summed E-state index contributed by atoms with van der Waals surface area (Å²) in [5, 5.41) is 0. The summed E-state index contributed by atoms with van der Waals surface area (Å²) in [6, 6.07) is 0. The Balaban J connectivity index is 1.70. The fourth-order valence-electron chi connectivity index (χ4n) is 2.74. The Morgan fingerprint density at radius 2 is 1.93 bits per heavy atom. The van der Waals surface area contributed by atoms with E-state index in [-0.39, 0.29) is 0 Å². The van der Waals surface area contributed by atoms with Crippen molar-refractivity contribution in [2.75, 3.05) is 13.1 Å². The zero-order chi connectivity index (χ0) is 9.80. The van der Waals surface area contributed by atoms with Crippen LogP contribution < -0.4 is 0 Å².